The number of fused-ring (bicyclic) bond motifs is 1. The smallest absolute Gasteiger partial charge is 0.168 e. The zero-order valence-electron chi connectivity index (χ0n) is 10.7. The second-order valence-electron chi connectivity index (χ2n) is 5.01. The molecule has 0 radical (unpaired) electrons. The monoisotopic (exact) mass is 249 g/mol. The fraction of sp³-hybridized carbons (Fsp3) is 0.571. The molecule has 1 fully saturated rings. The molecule has 1 aliphatic carbocycles. The highest BCUT2D eigenvalue weighted by molar-refractivity contribution is 5.59. The van der Waals surface area contributed by atoms with E-state index in [-0.39, 0.29) is 5.41 Å². The van der Waals surface area contributed by atoms with E-state index in [0.717, 1.165) is 42.1 Å². The van der Waals surface area contributed by atoms with Crippen molar-refractivity contribution in [2.75, 3.05) is 26.9 Å². The summed E-state index contributed by atoms with van der Waals surface area (Å²) in [4.78, 5) is 0. The van der Waals surface area contributed by atoms with Gasteiger partial charge in [0.15, 0.2) is 11.5 Å². The van der Waals surface area contributed by atoms with E-state index in [4.69, 9.17) is 19.9 Å². The van der Waals surface area contributed by atoms with Gasteiger partial charge >= 0.3 is 0 Å². The molecule has 0 unspecified atom stereocenters. The zero-order chi connectivity index (χ0) is 12.6. The van der Waals surface area contributed by atoms with Gasteiger partial charge in [0.1, 0.15) is 5.75 Å². The van der Waals surface area contributed by atoms with E-state index in [0.29, 0.717) is 19.8 Å². The highest BCUT2D eigenvalue weighted by atomic mass is 16.5. The van der Waals surface area contributed by atoms with E-state index in [1.807, 2.05) is 12.1 Å². The molecule has 1 heterocycles. The van der Waals surface area contributed by atoms with Crippen molar-refractivity contribution in [2.24, 2.45) is 5.73 Å². The van der Waals surface area contributed by atoms with Gasteiger partial charge in [0.05, 0.1) is 20.3 Å². The Balaban J connectivity index is 2.14. The molecule has 1 aromatic rings. The van der Waals surface area contributed by atoms with E-state index in [1.165, 1.54) is 0 Å². The number of rotatable bonds is 3. The van der Waals surface area contributed by atoms with Gasteiger partial charge in [-0.05, 0) is 25.0 Å². The van der Waals surface area contributed by atoms with E-state index in [2.05, 4.69) is 0 Å². The minimum absolute atomic E-state index is 0.0321. The number of hydrogen-bond acceptors (Lipinski definition) is 4. The number of hydrogen-bond donors (Lipinski definition) is 1. The lowest BCUT2D eigenvalue weighted by atomic mass is 9.93. The van der Waals surface area contributed by atoms with Crippen LogP contribution in [0, 0.1) is 0 Å². The van der Waals surface area contributed by atoms with E-state index in [1.54, 1.807) is 7.11 Å². The molecule has 18 heavy (non-hydrogen) atoms. The Morgan fingerprint density at radius 3 is 2.72 bits per heavy atom. The molecule has 0 aromatic heterocycles. The second kappa shape index (κ2) is 4.35. The van der Waals surface area contributed by atoms with Crippen LogP contribution in [0.15, 0.2) is 12.1 Å². The molecule has 0 bridgehead atoms. The summed E-state index contributed by atoms with van der Waals surface area (Å²) in [7, 11) is 1.69. The predicted molar refractivity (Wildman–Crippen MR) is 68.6 cm³/mol. The Morgan fingerprint density at radius 1 is 1.28 bits per heavy atom. The maximum Gasteiger partial charge on any atom is 0.168 e. The predicted octanol–water partition coefficient (Wildman–Crippen LogP) is 1.85. The lowest BCUT2D eigenvalue weighted by Crippen LogP contribution is -2.21. The van der Waals surface area contributed by atoms with Gasteiger partial charge in [0.25, 0.3) is 0 Å². The Hall–Kier alpha value is -1.42. The van der Waals surface area contributed by atoms with Gasteiger partial charge in [-0.1, -0.05) is 0 Å². The number of ether oxygens (including phenoxy) is 3. The van der Waals surface area contributed by atoms with Gasteiger partial charge < -0.3 is 19.9 Å². The Labute approximate surface area is 107 Å². The van der Waals surface area contributed by atoms with Crippen molar-refractivity contribution in [3.8, 4) is 17.2 Å². The summed E-state index contributed by atoms with van der Waals surface area (Å²) in [6, 6.07) is 3.88. The van der Waals surface area contributed by atoms with Crippen molar-refractivity contribution in [3.05, 3.63) is 17.7 Å². The van der Waals surface area contributed by atoms with E-state index < -0.39 is 0 Å². The molecule has 0 spiro atoms. The van der Waals surface area contributed by atoms with E-state index >= 15 is 0 Å². The third-order valence-corrected chi connectivity index (χ3v) is 3.87. The topological polar surface area (TPSA) is 53.7 Å². The van der Waals surface area contributed by atoms with Crippen LogP contribution >= 0.6 is 0 Å². The summed E-state index contributed by atoms with van der Waals surface area (Å²) < 4.78 is 17.1. The number of methoxy groups -OCH3 is 1. The first-order valence-electron chi connectivity index (χ1n) is 6.48. The van der Waals surface area contributed by atoms with E-state index in [9.17, 15) is 0 Å². The molecule has 0 saturated heterocycles. The SMILES string of the molecule is COc1ccc2c(c1C1(CN)CC1)OCCCO2. The third kappa shape index (κ3) is 1.72. The molecule has 2 aliphatic rings. The molecule has 2 N–H and O–H groups in total. The molecule has 1 aromatic carbocycles. The van der Waals surface area contributed by atoms with Crippen LogP contribution in [0.1, 0.15) is 24.8 Å². The van der Waals surface area contributed by atoms with Crippen LogP contribution in [-0.4, -0.2) is 26.9 Å². The van der Waals surface area contributed by atoms with Crippen LogP contribution in [0.3, 0.4) is 0 Å². The highest BCUT2D eigenvalue weighted by Crippen LogP contribution is 2.56. The van der Waals surface area contributed by atoms with Gasteiger partial charge in [0.2, 0.25) is 0 Å². The van der Waals surface area contributed by atoms with Crippen molar-refractivity contribution in [1.29, 1.82) is 0 Å². The first-order valence-corrected chi connectivity index (χ1v) is 6.48. The lowest BCUT2D eigenvalue weighted by Gasteiger charge is -2.21. The average molecular weight is 249 g/mol. The Bertz CT molecular complexity index is 455. The molecule has 4 nitrogen and oxygen atoms in total. The van der Waals surface area contributed by atoms with Crippen LogP contribution < -0.4 is 19.9 Å². The van der Waals surface area contributed by atoms with Crippen molar-refractivity contribution in [1.82, 2.24) is 0 Å². The van der Waals surface area contributed by atoms with Gasteiger partial charge in [-0.2, -0.15) is 0 Å². The third-order valence-electron chi connectivity index (χ3n) is 3.87. The molecule has 4 heteroatoms. The maximum absolute atomic E-state index is 5.94. The molecule has 1 aliphatic heterocycles. The molecular weight excluding hydrogens is 230 g/mol. The number of nitrogens with two attached hydrogens (primary N) is 1. The van der Waals surface area contributed by atoms with Crippen molar-refractivity contribution >= 4 is 0 Å². The van der Waals surface area contributed by atoms with Crippen LogP contribution in [0.25, 0.3) is 0 Å². The average Bonchev–Trinajstić information content (AvgIpc) is 3.21. The zero-order valence-corrected chi connectivity index (χ0v) is 10.7. The van der Waals surface area contributed by atoms with Gasteiger partial charge in [-0.25, -0.2) is 0 Å². The number of benzene rings is 1. The molecule has 1 saturated carbocycles. The summed E-state index contributed by atoms with van der Waals surface area (Å²) in [6.07, 6.45) is 3.10. The Kier molecular flexibility index (Phi) is 2.82. The van der Waals surface area contributed by atoms with Gasteiger partial charge in [0, 0.05) is 23.9 Å². The minimum Gasteiger partial charge on any atom is -0.496 e. The normalized spacial score (nSPS) is 20.1. The van der Waals surface area contributed by atoms with Crippen LogP contribution in [0.5, 0.6) is 17.2 Å². The molecule has 0 atom stereocenters. The Morgan fingerprint density at radius 2 is 2.06 bits per heavy atom. The summed E-state index contributed by atoms with van der Waals surface area (Å²) in [5, 5.41) is 0. The molecular formula is C14H19NO3. The molecule has 0 amide bonds. The van der Waals surface area contributed by atoms with Crippen molar-refractivity contribution < 1.29 is 14.2 Å². The maximum atomic E-state index is 5.94. The van der Waals surface area contributed by atoms with Crippen LogP contribution in [-0.2, 0) is 5.41 Å². The fourth-order valence-electron chi connectivity index (χ4n) is 2.60. The van der Waals surface area contributed by atoms with Crippen LogP contribution in [0.2, 0.25) is 0 Å². The van der Waals surface area contributed by atoms with Crippen molar-refractivity contribution in [3.63, 3.8) is 0 Å². The molecule has 3 rings (SSSR count). The van der Waals surface area contributed by atoms with Gasteiger partial charge in [-0.15, -0.1) is 0 Å². The first-order chi connectivity index (χ1) is 8.80. The standard InChI is InChI=1S/C14H19NO3/c1-16-10-3-4-11-13(18-8-2-7-17-11)12(10)14(9-15)5-6-14/h3-4H,2,5-9,15H2,1H3. The summed E-state index contributed by atoms with van der Waals surface area (Å²) in [5.74, 6) is 2.53. The highest BCUT2D eigenvalue weighted by Gasteiger charge is 2.48. The summed E-state index contributed by atoms with van der Waals surface area (Å²) in [6.45, 7) is 2.02. The van der Waals surface area contributed by atoms with Crippen LogP contribution in [0.4, 0.5) is 0 Å². The summed E-state index contributed by atoms with van der Waals surface area (Å²) >= 11 is 0. The fourth-order valence-corrected chi connectivity index (χ4v) is 2.60. The lowest BCUT2D eigenvalue weighted by molar-refractivity contribution is 0.294. The van der Waals surface area contributed by atoms with Gasteiger partial charge in [-0.3, -0.25) is 0 Å². The largest absolute Gasteiger partial charge is 0.496 e. The second-order valence-corrected chi connectivity index (χ2v) is 5.01. The quantitative estimate of drug-likeness (QED) is 0.888. The summed E-state index contributed by atoms with van der Waals surface area (Å²) in [5.41, 5.74) is 7.08. The minimum atomic E-state index is 0.0321. The van der Waals surface area contributed by atoms with Crippen molar-refractivity contribution in [2.45, 2.75) is 24.7 Å². The first kappa shape index (κ1) is 11.7. The molecule has 98 valence electrons.